The van der Waals surface area contributed by atoms with Crippen molar-refractivity contribution in [2.75, 3.05) is 13.7 Å². The van der Waals surface area contributed by atoms with Crippen molar-refractivity contribution in [3.8, 4) is 5.75 Å². The molecule has 0 radical (unpaired) electrons. The van der Waals surface area contributed by atoms with Crippen LogP contribution in [0.1, 0.15) is 38.7 Å². The van der Waals surface area contributed by atoms with Gasteiger partial charge in [-0.25, -0.2) is 4.99 Å². The minimum absolute atomic E-state index is 0.836. The van der Waals surface area contributed by atoms with Gasteiger partial charge in [-0.1, -0.05) is 42.5 Å². The highest BCUT2D eigenvalue weighted by molar-refractivity contribution is 6.03. The van der Waals surface area contributed by atoms with Crippen LogP contribution in [-0.2, 0) is 0 Å². The van der Waals surface area contributed by atoms with Gasteiger partial charge in [0.25, 0.3) is 0 Å². The lowest BCUT2D eigenvalue weighted by Crippen LogP contribution is -2.35. The van der Waals surface area contributed by atoms with Gasteiger partial charge in [-0.15, -0.1) is 0 Å². The van der Waals surface area contributed by atoms with Crippen molar-refractivity contribution in [1.82, 2.24) is 4.90 Å². The van der Waals surface area contributed by atoms with Crippen LogP contribution in [0.3, 0.4) is 0 Å². The third-order valence-corrected chi connectivity index (χ3v) is 4.87. The molecule has 130 valence electrons. The number of para-hydroxylation sites is 1. The Labute approximate surface area is 150 Å². The van der Waals surface area contributed by atoms with Crippen molar-refractivity contribution in [1.29, 1.82) is 0 Å². The second-order valence-corrected chi connectivity index (χ2v) is 6.45. The van der Waals surface area contributed by atoms with Gasteiger partial charge < -0.3 is 9.64 Å². The van der Waals surface area contributed by atoms with E-state index in [0.29, 0.717) is 0 Å². The summed E-state index contributed by atoms with van der Waals surface area (Å²) in [6, 6.07) is 8.04. The minimum Gasteiger partial charge on any atom is -0.496 e. The maximum absolute atomic E-state index is 5.56. The topological polar surface area (TPSA) is 24.8 Å². The fourth-order valence-corrected chi connectivity index (χ4v) is 3.21. The van der Waals surface area contributed by atoms with Gasteiger partial charge in [0.2, 0.25) is 0 Å². The molecule has 2 aliphatic rings. The number of aliphatic imine (C=N–C) groups is 1. The Bertz CT molecular complexity index is 796. The van der Waals surface area contributed by atoms with Gasteiger partial charge in [-0.2, -0.15) is 0 Å². The zero-order chi connectivity index (χ0) is 17.8. The van der Waals surface area contributed by atoms with E-state index < -0.39 is 0 Å². The van der Waals surface area contributed by atoms with Crippen LogP contribution in [0.4, 0.5) is 0 Å². The summed E-state index contributed by atoms with van der Waals surface area (Å²) in [5.74, 6) is 1.76. The minimum atomic E-state index is 0.836. The molecule has 1 aromatic carbocycles. The smallest absolute Gasteiger partial charge is 0.144 e. The quantitative estimate of drug-likeness (QED) is 0.736. The predicted octanol–water partition coefficient (Wildman–Crippen LogP) is 5.23. The number of methoxy groups -OCH3 is 1. The van der Waals surface area contributed by atoms with Crippen LogP contribution in [-0.4, -0.2) is 24.4 Å². The predicted molar refractivity (Wildman–Crippen MR) is 105 cm³/mol. The summed E-state index contributed by atoms with van der Waals surface area (Å²) >= 11 is 0. The molecule has 0 amide bonds. The molecule has 0 unspecified atom stereocenters. The van der Waals surface area contributed by atoms with Gasteiger partial charge >= 0.3 is 0 Å². The van der Waals surface area contributed by atoms with Crippen molar-refractivity contribution >= 4 is 5.84 Å². The highest BCUT2D eigenvalue weighted by atomic mass is 16.5. The van der Waals surface area contributed by atoms with E-state index in [0.717, 1.165) is 59.9 Å². The summed E-state index contributed by atoms with van der Waals surface area (Å²) in [5.41, 5.74) is 5.58. The molecule has 3 rings (SSSR count). The Morgan fingerprint density at radius 2 is 2.00 bits per heavy atom. The van der Waals surface area contributed by atoms with Gasteiger partial charge in [-0.3, -0.25) is 0 Å². The van der Waals surface area contributed by atoms with E-state index in [1.54, 1.807) is 7.11 Å². The number of hydrogen-bond acceptors (Lipinski definition) is 3. The van der Waals surface area contributed by atoms with Crippen LogP contribution in [0.2, 0.25) is 0 Å². The molecule has 25 heavy (non-hydrogen) atoms. The lowest BCUT2D eigenvalue weighted by Gasteiger charge is -2.33. The number of benzene rings is 1. The molecule has 0 bridgehead atoms. The summed E-state index contributed by atoms with van der Waals surface area (Å²) in [6.07, 6.45) is 10.1. The molecule has 3 nitrogen and oxygen atoms in total. The third kappa shape index (κ3) is 3.60. The zero-order valence-electron chi connectivity index (χ0n) is 15.4. The normalized spacial score (nSPS) is 17.6. The molecule has 0 aromatic heterocycles. The third-order valence-electron chi connectivity index (χ3n) is 4.87. The summed E-state index contributed by atoms with van der Waals surface area (Å²) in [5, 5.41) is 0. The first-order chi connectivity index (χ1) is 12.1. The van der Waals surface area contributed by atoms with E-state index in [9.17, 15) is 0 Å². The molecule has 1 aliphatic carbocycles. The van der Waals surface area contributed by atoms with Crippen molar-refractivity contribution in [3.63, 3.8) is 0 Å². The molecule has 0 spiro atoms. The van der Waals surface area contributed by atoms with Crippen LogP contribution in [0.25, 0.3) is 0 Å². The Morgan fingerprint density at radius 1 is 1.20 bits per heavy atom. The van der Waals surface area contributed by atoms with E-state index in [4.69, 9.17) is 9.73 Å². The Morgan fingerprint density at radius 3 is 2.72 bits per heavy atom. The number of hydrogen-bond donors (Lipinski definition) is 0. The number of rotatable bonds is 5. The van der Waals surface area contributed by atoms with Crippen molar-refractivity contribution in [2.45, 2.75) is 33.1 Å². The standard InChI is InChI=1S/C22H26N2O/c1-16-17(2)23-22(20-12-8-9-13-21(20)25-4)24(18(16)3)15-14-19-10-6-5-7-11-19/h6,8-13H,3,5,7,14-15H2,1-2,4H3. The van der Waals surface area contributed by atoms with E-state index >= 15 is 0 Å². The van der Waals surface area contributed by atoms with Crippen molar-refractivity contribution in [3.05, 3.63) is 77.2 Å². The first kappa shape index (κ1) is 17.3. The van der Waals surface area contributed by atoms with Crippen molar-refractivity contribution < 1.29 is 4.74 Å². The summed E-state index contributed by atoms with van der Waals surface area (Å²) in [7, 11) is 1.70. The van der Waals surface area contributed by atoms with Gasteiger partial charge in [0.05, 0.1) is 12.7 Å². The molecular formula is C22H26N2O. The number of nitrogens with zero attached hydrogens (tertiary/aromatic N) is 2. The molecule has 1 aliphatic heterocycles. The van der Waals surface area contributed by atoms with Gasteiger partial charge in [0.15, 0.2) is 0 Å². The zero-order valence-corrected chi connectivity index (χ0v) is 15.4. The summed E-state index contributed by atoms with van der Waals surface area (Å²) in [6.45, 7) is 9.32. The van der Waals surface area contributed by atoms with Crippen molar-refractivity contribution in [2.24, 2.45) is 4.99 Å². The number of ether oxygens (including phenoxy) is 1. The molecule has 0 saturated heterocycles. The molecule has 0 atom stereocenters. The second kappa shape index (κ2) is 7.56. The SMILES string of the molecule is C=C1C(C)=C(C)N=C(c2ccccc2OC)N1CCC1=CCCC=C1. The summed E-state index contributed by atoms with van der Waals surface area (Å²) < 4.78 is 5.56. The van der Waals surface area contributed by atoms with Gasteiger partial charge in [0, 0.05) is 17.9 Å². The molecule has 1 aromatic rings. The molecule has 0 N–H and O–H groups in total. The highest BCUT2D eigenvalue weighted by Gasteiger charge is 2.25. The molecule has 1 heterocycles. The van der Waals surface area contributed by atoms with Crippen LogP contribution < -0.4 is 4.74 Å². The summed E-state index contributed by atoms with van der Waals surface area (Å²) in [4.78, 5) is 7.11. The molecule has 3 heteroatoms. The first-order valence-corrected chi connectivity index (χ1v) is 8.83. The Hall–Kier alpha value is -2.55. The first-order valence-electron chi connectivity index (χ1n) is 8.83. The lowest BCUT2D eigenvalue weighted by molar-refractivity contribution is 0.411. The lowest BCUT2D eigenvalue weighted by atomic mass is 10.0. The number of amidine groups is 1. The molecular weight excluding hydrogens is 308 g/mol. The van der Waals surface area contributed by atoms with Crippen LogP contribution >= 0.6 is 0 Å². The largest absolute Gasteiger partial charge is 0.496 e. The Kier molecular flexibility index (Phi) is 5.22. The maximum atomic E-state index is 5.56. The van der Waals surface area contributed by atoms with Crippen LogP contribution in [0.15, 0.2) is 76.6 Å². The Balaban J connectivity index is 1.93. The maximum Gasteiger partial charge on any atom is 0.144 e. The monoisotopic (exact) mass is 334 g/mol. The average Bonchev–Trinajstić information content (AvgIpc) is 2.66. The van der Waals surface area contributed by atoms with E-state index in [1.165, 1.54) is 5.57 Å². The second-order valence-electron chi connectivity index (χ2n) is 6.45. The van der Waals surface area contributed by atoms with E-state index in [1.807, 2.05) is 25.1 Å². The van der Waals surface area contributed by atoms with Crippen LogP contribution in [0.5, 0.6) is 5.75 Å². The van der Waals surface area contributed by atoms with Gasteiger partial charge in [-0.05, 0) is 50.8 Å². The molecule has 0 fully saturated rings. The fraction of sp³-hybridized carbons (Fsp3) is 0.318. The number of allylic oxidation sites excluding steroid dienone is 5. The van der Waals surface area contributed by atoms with Crippen LogP contribution in [0, 0.1) is 0 Å². The van der Waals surface area contributed by atoms with E-state index in [2.05, 4.69) is 42.7 Å². The van der Waals surface area contributed by atoms with Gasteiger partial charge in [0.1, 0.15) is 11.6 Å². The molecule has 0 saturated carbocycles. The average molecular weight is 334 g/mol. The highest BCUT2D eigenvalue weighted by Crippen LogP contribution is 2.30. The van der Waals surface area contributed by atoms with E-state index in [-0.39, 0.29) is 0 Å². The fourth-order valence-electron chi connectivity index (χ4n) is 3.21.